The van der Waals surface area contributed by atoms with E-state index >= 15 is 0 Å². The third kappa shape index (κ3) is 0.988. The average Bonchev–Trinajstić information content (AvgIpc) is 2.31. The zero-order valence-corrected chi connectivity index (χ0v) is 6.89. The summed E-state index contributed by atoms with van der Waals surface area (Å²) < 4.78 is 0. The van der Waals surface area contributed by atoms with Gasteiger partial charge in [0.2, 0.25) is 0 Å². The van der Waals surface area contributed by atoms with Crippen molar-refractivity contribution < 1.29 is 0 Å². The fraction of sp³-hybridized carbons (Fsp3) is 0.182. The molecule has 1 aliphatic rings. The first-order chi connectivity index (χ1) is 5.27. The molecule has 2 rings (SSSR count). The van der Waals surface area contributed by atoms with Crippen LogP contribution in [0, 0.1) is 13.3 Å². The van der Waals surface area contributed by atoms with Crippen molar-refractivity contribution in [1.29, 1.82) is 0 Å². The second-order valence-corrected chi connectivity index (χ2v) is 3.11. The van der Waals surface area contributed by atoms with Gasteiger partial charge in [-0.05, 0) is 30.5 Å². The SMILES string of the molecule is CC1=Cc2c(C)cccc2[CH]1. The number of hydrogen-bond acceptors (Lipinski definition) is 0. The van der Waals surface area contributed by atoms with Gasteiger partial charge in [0.1, 0.15) is 0 Å². The summed E-state index contributed by atoms with van der Waals surface area (Å²) in [6, 6.07) is 6.42. The molecule has 0 spiro atoms. The van der Waals surface area contributed by atoms with Crippen molar-refractivity contribution in [2.45, 2.75) is 13.8 Å². The van der Waals surface area contributed by atoms with E-state index in [1.807, 2.05) is 0 Å². The van der Waals surface area contributed by atoms with Crippen LogP contribution in [0.4, 0.5) is 0 Å². The highest BCUT2D eigenvalue weighted by atomic mass is 14.1. The molecule has 1 aromatic carbocycles. The van der Waals surface area contributed by atoms with E-state index in [-0.39, 0.29) is 0 Å². The lowest BCUT2D eigenvalue weighted by Gasteiger charge is -1.99. The first kappa shape index (κ1) is 6.66. The Morgan fingerprint density at radius 3 is 2.64 bits per heavy atom. The molecule has 0 saturated heterocycles. The first-order valence-electron chi connectivity index (χ1n) is 3.90. The van der Waals surface area contributed by atoms with Crippen molar-refractivity contribution in [3.05, 3.63) is 46.9 Å². The number of fused-ring (bicyclic) bond motifs is 1. The fourth-order valence-electron chi connectivity index (χ4n) is 1.54. The molecule has 0 N–H and O–H groups in total. The molecule has 0 unspecified atom stereocenters. The summed E-state index contributed by atoms with van der Waals surface area (Å²) in [6.07, 6.45) is 4.47. The number of aryl methyl sites for hydroxylation is 1. The summed E-state index contributed by atoms with van der Waals surface area (Å²) in [5, 5.41) is 0. The minimum absolute atomic E-state index is 1.36. The molecule has 0 fully saturated rings. The molecule has 0 nitrogen and oxygen atoms in total. The van der Waals surface area contributed by atoms with Crippen LogP contribution in [-0.4, -0.2) is 0 Å². The molecule has 1 aliphatic carbocycles. The maximum Gasteiger partial charge on any atom is 0.0161 e. The van der Waals surface area contributed by atoms with Crippen molar-refractivity contribution in [3.8, 4) is 0 Å². The van der Waals surface area contributed by atoms with Gasteiger partial charge in [0, 0.05) is 6.42 Å². The van der Waals surface area contributed by atoms with E-state index < -0.39 is 0 Å². The zero-order chi connectivity index (χ0) is 7.84. The van der Waals surface area contributed by atoms with Crippen molar-refractivity contribution in [2.24, 2.45) is 0 Å². The Hall–Kier alpha value is -1.04. The molecule has 0 aromatic heterocycles. The topological polar surface area (TPSA) is 0 Å². The van der Waals surface area contributed by atoms with Crippen LogP contribution >= 0.6 is 0 Å². The summed E-state index contributed by atoms with van der Waals surface area (Å²) in [5.41, 5.74) is 5.48. The molecule has 0 saturated carbocycles. The highest BCUT2D eigenvalue weighted by Gasteiger charge is 2.10. The predicted octanol–water partition coefficient (Wildman–Crippen LogP) is 2.96. The minimum atomic E-state index is 1.36. The Bertz CT molecular complexity index is 319. The van der Waals surface area contributed by atoms with Crippen LogP contribution in [0.5, 0.6) is 0 Å². The van der Waals surface area contributed by atoms with E-state index in [1.165, 1.54) is 22.3 Å². The Kier molecular flexibility index (Phi) is 1.35. The molecule has 0 aliphatic heterocycles. The number of hydrogen-bond donors (Lipinski definition) is 0. The molecule has 0 bridgehead atoms. The van der Waals surface area contributed by atoms with E-state index in [9.17, 15) is 0 Å². The minimum Gasteiger partial charge on any atom is -0.0643 e. The monoisotopic (exact) mass is 143 g/mol. The standard InChI is InChI=1S/C11H11/c1-8-6-10-5-3-4-9(2)11(10)7-8/h3-7H,1-2H3. The zero-order valence-electron chi connectivity index (χ0n) is 6.89. The van der Waals surface area contributed by atoms with E-state index in [1.54, 1.807) is 0 Å². The normalized spacial score (nSPS) is 14.5. The van der Waals surface area contributed by atoms with Crippen molar-refractivity contribution >= 4 is 6.08 Å². The van der Waals surface area contributed by atoms with Crippen molar-refractivity contribution in [3.63, 3.8) is 0 Å². The predicted molar refractivity (Wildman–Crippen MR) is 48.2 cm³/mol. The van der Waals surface area contributed by atoms with E-state index in [4.69, 9.17) is 0 Å². The molecule has 0 heterocycles. The smallest absolute Gasteiger partial charge is 0.0161 e. The van der Waals surface area contributed by atoms with Gasteiger partial charge in [0.05, 0.1) is 0 Å². The summed E-state index contributed by atoms with van der Waals surface area (Å²) in [6.45, 7) is 4.29. The Labute approximate surface area is 67.6 Å². The summed E-state index contributed by atoms with van der Waals surface area (Å²) >= 11 is 0. The molecule has 55 valence electrons. The van der Waals surface area contributed by atoms with Gasteiger partial charge < -0.3 is 0 Å². The Morgan fingerprint density at radius 2 is 1.91 bits per heavy atom. The van der Waals surface area contributed by atoms with Crippen molar-refractivity contribution in [1.82, 2.24) is 0 Å². The molecule has 0 amide bonds. The largest absolute Gasteiger partial charge is 0.0643 e. The number of benzene rings is 1. The molecule has 0 heteroatoms. The number of rotatable bonds is 0. The van der Waals surface area contributed by atoms with Gasteiger partial charge in [0.25, 0.3) is 0 Å². The van der Waals surface area contributed by atoms with Crippen LogP contribution in [0.2, 0.25) is 0 Å². The van der Waals surface area contributed by atoms with Gasteiger partial charge in [0.15, 0.2) is 0 Å². The third-order valence-electron chi connectivity index (χ3n) is 2.11. The third-order valence-corrected chi connectivity index (χ3v) is 2.11. The maximum absolute atomic E-state index is 2.24. The molecule has 0 atom stereocenters. The Balaban J connectivity index is 2.61. The van der Waals surface area contributed by atoms with Crippen LogP contribution in [0.15, 0.2) is 23.8 Å². The van der Waals surface area contributed by atoms with Crippen LogP contribution in [0.1, 0.15) is 23.6 Å². The summed E-state index contributed by atoms with van der Waals surface area (Å²) in [4.78, 5) is 0. The van der Waals surface area contributed by atoms with E-state index in [2.05, 4.69) is 44.5 Å². The average molecular weight is 143 g/mol. The first-order valence-corrected chi connectivity index (χ1v) is 3.90. The van der Waals surface area contributed by atoms with Gasteiger partial charge in [-0.2, -0.15) is 0 Å². The molecular formula is C11H11. The highest BCUT2D eigenvalue weighted by Crippen LogP contribution is 2.28. The van der Waals surface area contributed by atoms with Gasteiger partial charge in [-0.25, -0.2) is 0 Å². The number of allylic oxidation sites excluding steroid dienone is 1. The van der Waals surface area contributed by atoms with Gasteiger partial charge in [-0.3, -0.25) is 0 Å². The second kappa shape index (κ2) is 2.23. The highest BCUT2D eigenvalue weighted by molar-refractivity contribution is 5.70. The van der Waals surface area contributed by atoms with Crippen LogP contribution < -0.4 is 0 Å². The summed E-state index contributed by atoms with van der Waals surface area (Å²) in [7, 11) is 0. The fourth-order valence-corrected chi connectivity index (χ4v) is 1.54. The van der Waals surface area contributed by atoms with Gasteiger partial charge >= 0.3 is 0 Å². The lowest BCUT2D eigenvalue weighted by molar-refractivity contribution is 1.39. The van der Waals surface area contributed by atoms with E-state index in [0.29, 0.717) is 0 Å². The molecule has 1 aromatic rings. The Morgan fingerprint density at radius 1 is 1.09 bits per heavy atom. The van der Waals surface area contributed by atoms with E-state index in [0.717, 1.165) is 0 Å². The van der Waals surface area contributed by atoms with Crippen LogP contribution in [-0.2, 0) is 0 Å². The molecule has 1 radical (unpaired) electrons. The van der Waals surface area contributed by atoms with Gasteiger partial charge in [-0.15, -0.1) is 0 Å². The molecule has 11 heavy (non-hydrogen) atoms. The second-order valence-electron chi connectivity index (χ2n) is 3.11. The quantitative estimate of drug-likeness (QED) is 0.523. The van der Waals surface area contributed by atoms with Crippen LogP contribution in [0.25, 0.3) is 6.08 Å². The maximum atomic E-state index is 2.24. The molecular weight excluding hydrogens is 132 g/mol. The van der Waals surface area contributed by atoms with Crippen molar-refractivity contribution in [2.75, 3.05) is 0 Å². The van der Waals surface area contributed by atoms with Crippen LogP contribution in [0.3, 0.4) is 0 Å². The lowest BCUT2D eigenvalue weighted by Crippen LogP contribution is -1.82. The summed E-state index contributed by atoms with van der Waals surface area (Å²) in [5.74, 6) is 0. The lowest BCUT2D eigenvalue weighted by atomic mass is 10.1. The van der Waals surface area contributed by atoms with Gasteiger partial charge in [-0.1, -0.05) is 29.8 Å².